The van der Waals surface area contributed by atoms with Crippen LogP contribution < -0.4 is 0 Å². The average Bonchev–Trinajstić information content (AvgIpc) is 3.16. The van der Waals surface area contributed by atoms with Gasteiger partial charge in [-0.1, -0.05) is 23.7 Å². The van der Waals surface area contributed by atoms with E-state index in [1.807, 2.05) is 30.5 Å². The molecule has 1 N–H and O–H groups in total. The monoisotopic (exact) mass is 296 g/mol. The predicted octanol–water partition coefficient (Wildman–Crippen LogP) is 2.86. The van der Waals surface area contributed by atoms with Crippen molar-refractivity contribution in [1.29, 1.82) is 0 Å². The van der Waals surface area contributed by atoms with E-state index in [9.17, 15) is 0 Å². The summed E-state index contributed by atoms with van der Waals surface area (Å²) in [6, 6.07) is 7.63. The lowest BCUT2D eigenvalue weighted by Gasteiger charge is -2.00. The van der Waals surface area contributed by atoms with Crippen LogP contribution in [-0.2, 0) is 0 Å². The Morgan fingerprint density at radius 2 is 2.05 bits per heavy atom. The third-order valence-electron chi connectivity index (χ3n) is 3.16. The lowest BCUT2D eigenvalue weighted by atomic mass is 10.1. The highest BCUT2D eigenvalue weighted by Crippen LogP contribution is 2.23. The summed E-state index contributed by atoms with van der Waals surface area (Å²) in [5, 5.41) is 5.05. The number of nitrogens with zero attached hydrogens (tertiary/aromatic N) is 5. The molecule has 4 aromatic rings. The van der Waals surface area contributed by atoms with Gasteiger partial charge in [-0.3, -0.25) is 0 Å². The highest BCUT2D eigenvalue weighted by atomic mass is 35.5. The van der Waals surface area contributed by atoms with Gasteiger partial charge in [0.25, 0.3) is 0 Å². The zero-order valence-electron chi connectivity index (χ0n) is 10.7. The van der Waals surface area contributed by atoms with Crippen LogP contribution in [0.5, 0.6) is 0 Å². The van der Waals surface area contributed by atoms with Crippen LogP contribution in [-0.4, -0.2) is 29.7 Å². The number of fused-ring (bicyclic) bond motifs is 1. The van der Waals surface area contributed by atoms with Gasteiger partial charge in [0.2, 0.25) is 0 Å². The maximum Gasteiger partial charge on any atom is 0.182 e. The minimum atomic E-state index is 0.611. The van der Waals surface area contributed by atoms with Crippen LogP contribution in [0.4, 0.5) is 0 Å². The van der Waals surface area contributed by atoms with Crippen LogP contribution in [0, 0.1) is 0 Å². The molecule has 102 valence electrons. The van der Waals surface area contributed by atoms with Crippen molar-refractivity contribution >= 4 is 22.8 Å². The summed E-state index contributed by atoms with van der Waals surface area (Å²) in [7, 11) is 0. The van der Waals surface area contributed by atoms with E-state index in [0.717, 1.165) is 16.6 Å². The molecule has 0 saturated heterocycles. The number of halogens is 1. The third-order valence-corrected chi connectivity index (χ3v) is 3.40. The van der Waals surface area contributed by atoms with Gasteiger partial charge >= 0.3 is 0 Å². The number of aromatic nitrogens is 6. The summed E-state index contributed by atoms with van der Waals surface area (Å²) in [4.78, 5) is 15.5. The molecule has 0 aliphatic carbocycles. The van der Waals surface area contributed by atoms with Crippen LogP contribution in [0.3, 0.4) is 0 Å². The Balaban J connectivity index is 1.83. The van der Waals surface area contributed by atoms with Crippen LogP contribution in [0.1, 0.15) is 0 Å². The SMILES string of the molecule is Clc1cccc(-c2cnn(-c3ncnc4nc[nH]c34)c2)c1. The second-order valence-corrected chi connectivity index (χ2v) is 4.92. The van der Waals surface area contributed by atoms with Gasteiger partial charge < -0.3 is 4.98 Å². The van der Waals surface area contributed by atoms with Crippen LogP contribution in [0.15, 0.2) is 49.3 Å². The molecular formula is C14H9ClN6. The largest absolute Gasteiger partial charge is 0.340 e. The van der Waals surface area contributed by atoms with Crippen molar-refractivity contribution in [3.05, 3.63) is 54.3 Å². The van der Waals surface area contributed by atoms with E-state index in [2.05, 4.69) is 25.0 Å². The van der Waals surface area contributed by atoms with Crippen molar-refractivity contribution in [3.63, 3.8) is 0 Å². The fourth-order valence-corrected chi connectivity index (χ4v) is 2.37. The molecule has 4 rings (SSSR count). The molecule has 7 heteroatoms. The Kier molecular flexibility index (Phi) is 2.68. The Hall–Kier alpha value is -2.73. The topological polar surface area (TPSA) is 72.3 Å². The van der Waals surface area contributed by atoms with E-state index in [0.29, 0.717) is 16.5 Å². The number of nitrogens with one attached hydrogen (secondary N) is 1. The molecule has 0 radical (unpaired) electrons. The molecule has 6 nitrogen and oxygen atoms in total. The third kappa shape index (κ3) is 2.05. The van der Waals surface area contributed by atoms with Gasteiger partial charge in [-0.15, -0.1) is 0 Å². The number of H-pyrrole nitrogens is 1. The minimum Gasteiger partial charge on any atom is -0.340 e. The molecule has 0 fully saturated rings. The zero-order valence-corrected chi connectivity index (χ0v) is 11.5. The molecule has 0 amide bonds. The number of rotatable bonds is 2. The van der Waals surface area contributed by atoms with Crippen molar-refractivity contribution in [2.75, 3.05) is 0 Å². The summed E-state index contributed by atoms with van der Waals surface area (Å²) in [5.74, 6) is 0.658. The van der Waals surface area contributed by atoms with E-state index in [1.165, 1.54) is 6.33 Å². The molecule has 0 aliphatic rings. The predicted molar refractivity (Wildman–Crippen MR) is 79.3 cm³/mol. The fourth-order valence-electron chi connectivity index (χ4n) is 2.18. The molecule has 3 aromatic heterocycles. The van der Waals surface area contributed by atoms with Gasteiger partial charge in [-0.25, -0.2) is 19.6 Å². The first kappa shape index (κ1) is 12.0. The van der Waals surface area contributed by atoms with E-state index in [-0.39, 0.29) is 0 Å². The number of benzene rings is 1. The summed E-state index contributed by atoms with van der Waals surface area (Å²) in [5.41, 5.74) is 3.32. The van der Waals surface area contributed by atoms with Crippen molar-refractivity contribution in [1.82, 2.24) is 29.7 Å². The Bertz CT molecular complexity index is 926. The van der Waals surface area contributed by atoms with Gasteiger partial charge in [0.1, 0.15) is 11.8 Å². The first-order chi connectivity index (χ1) is 10.3. The van der Waals surface area contributed by atoms with Crippen LogP contribution >= 0.6 is 11.6 Å². The van der Waals surface area contributed by atoms with Crippen molar-refractivity contribution in [2.45, 2.75) is 0 Å². The first-order valence-corrected chi connectivity index (χ1v) is 6.64. The molecule has 0 aliphatic heterocycles. The molecule has 0 saturated carbocycles. The molecule has 3 heterocycles. The van der Waals surface area contributed by atoms with Gasteiger partial charge in [0.15, 0.2) is 11.5 Å². The second-order valence-electron chi connectivity index (χ2n) is 4.48. The maximum absolute atomic E-state index is 6.02. The minimum absolute atomic E-state index is 0.611. The molecule has 0 bridgehead atoms. The molecule has 0 unspecified atom stereocenters. The Morgan fingerprint density at radius 3 is 2.95 bits per heavy atom. The van der Waals surface area contributed by atoms with E-state index in [1.54, 1.807) is 17.2 Å². The fraction of sp³-hybridized carbons (Fsp3) is 0. The maximum atomic E-state index is 6.02. The van der Waals surface area contributed by atoms with E-state index < -0.39 is 0 Å². The normalized spacial score (nSPS) is 11.1. The smallest absolute Gasteiger partial charge is 0.182 e. The van der Waals surface area contributed by atoms with Gasteiger partial charge in [0, 0.05) is 16.8 Å². The molecule has 21 heavy (non-hydrogen) atoms. The molecule has 1 aromatic carbocycles. The standard InChI is InChI=1S/C14H9ClN6/c15-11-3-1-2-9(4-11)10-5-20-21(6-10)14-12-13(17-7-16-12)18-8-19-14/h1-8H,(H,16,17,18,19). The van der Waals surface area contributed by atoms with Crippen LogP contribution in [0.25, 0.3) is 28.1 Å². The van der Waals surface area contributed by atoms with Gasteiger partial charge in [-0.05, 0) is 17.7 Å². The highest BCUT2D eigenvalue weighted by Gasteiger charge is 2.10. The lowest BCUT2D eigenvalue weighted by molar-refractivity contribution is 0.848. The van der Waals surface area contributed by atoms with Gasteiger partial charge in [-0.2, -0.15) is 5.10 Å². The quantitative estimate of drug-likeness (QED) is 0.617. The summed E-state index contributed by atoms with van der Waals surface area (Å²) in [6.07, 6.45) is 6.73. The summed E-state index contributed by atoms with van der Waals surface area (Å²) in [6.45, 7) is 0. The zero-order chi connectivity index (χ0) is 14.2. The summed E-state index contributed by atoms with van der Waals surface area (Å²) >= 11 is 6.02. The van der Waals surface area contributed by atoms with E-state index >= 15 is 0 Å². The Labute approximate surface area is 124 Å². The average molecular weight is 297 g/mol. The van der Waals surface area contributed by atoms with Crippen molar-refractivity contribution in [3.8, 4) is 16.9 Å². The lowest BCUT2D eigenvalue weighted by Crippen LogP contribution is -1.99. The number of hydrogen-bond donors (Lipinski definition) is 1. The van der Waals surface area contributed by atoms with Crippen LogP contribution in [0.2, 0.25) is 5.02 Å². The second kappa shape index (κ2) is 4.68. The van der Waals surface area contributed by atoms with Crippen molar-refractivity contribution < 1.29 is 0 Å². The molecular weight excluding hydrogens is 288 g/mol. The highest BCUT2D eigenvalue weighted by molar-refractivity contribution is 6.30. The van der Waals surface area contributed by atoms with Gasteiger partial charge in [0.05, 0.1) is 12.5 Å². The summed E-state index contributed by atoms with van der Waals surface area (Å²) < 4.78 is 1.69. The molecule has 0 spiro atoms. The number of aromatic amines is 1. The first-order valence-electron chi connectivity index (χ1n) is 6.26. The number of hydrogen-bond acceptors (Lipinski definition) is 4. The van der Waals surface area contributed by atoms with E-state index in [4.69, 9.17) is 11.6 Å². The number of imidazole rings is 1. The Morgan fingerprint density at radius 1 is 1.10 bits per heavy atom. The molecule has 0 atom stereocenters. The van der Waals surface area contributed by atoms with Crippen molar-refractivity contribution in [2.24, 2.45) is 0 Å².